The normalized spacial score (nSPS) is 18.9. The first-order valence-electron chi connectivity index (χ1n) is 7.83. The van der Waals surface area contributed by atoms with Crippen molar-refractivity contribution in [3.05, 3.63) is 65.2 Å². The van der Waals surface area contributed by atoms with Crippen molar-refractivity contribution < 1.29 is 4.74 Å². The first-order chi connectivity index (χ1) is 10.3. The molecule has 2 heteroatoms. The number of ether oxygens (including phenoxy) is 1. The van der Waals surface area contributed by atoms with Crippen molar-refractivity contribution in [1.29, 1.82) is 0 Å². The summed E-state index contributed by atoms with van der Waals surface area (Å²) in [6.45, 7) is 2.69. The van der Waals surface area contributed by atoms with E-state index in [1.807, 2.05) is 19.1 Å². The third-order valence-corrected chi connectivity index (χ3v) is 4.45. The molecule has 3 rings (SSSR count). The Hall–Kier alpha value is -1.80. The topological polar surface area (TPSA) is 35.2 Å². The number of hydrogen-bond acceptors (Lipinski definition) is 2. The fraction of sp³-hybridized carbons (Fsp3) is 0.368. The van der Waals surface area contributed by atoms with Gasteiger partial charge in [0.1, 0.15) is 5.75 Å². The summed E-state index contributed by atoms with van der Waals surface area (Å²) < 4.78 is 5.58. The molecule has 0 radical (unpaired) electrons. The first-order valence-corrected chi connectivity index (χ1v) is 7.83. The zero-order valence-corrected chi connectivity index (χ0v) is 12.6. The zero-order chi connectivity index (χ0) is 14.7. The highest BCUT2D eigenvalue weighted by Crippen LogP contribution is 2.33. The average molecular weight is 281 g/mol. The molecule has 2 aromatic rings. The van der Waals surface area contributed by atoms with E-state index >= 15 is 0 Å². The van der Waals surface area contributed by atoms with Crippen molar-refractivity contribution in [3.63, 3.8) is 0 Å². The van der Waals surface area contributed by atoms with Crippen molar-refractivity contribution >= 4 is 0 Å². The molecule has 1 aliphatic carbocycles. The van der Waals surface area contributed by atoms with Gasteiger partial charge in [0.25, 0.3) is 0 Å². The molecule has 2 aromatic carbocycles. The summed E-state index contributed by atoms with van der Waals surface area (Å²) in [5.41, 5.74) is 10.7. The summed E-state index contributed by atoms with van der Waals surface area (Å²) in [4.78, 5) is 0. The standard InChI is InChI=1S/C19H23NO/c1-2-21-18-9-5-8-16(13-18)19(20)17-11-10-14-6-3-4-7-15(14)12-17/h3-9,13,17,19H,2,10-12,20H2,1H3. The van der Waals surface area contributed by atoms with Gasteiger partial charge in [-0.05, 0) is 60.9 Å². The highest BCUT2D eigenvalue weighted by atomic mass is 16.5. The molecule has 2 atom stereocenters. The monoisotopic (exact) mass is 281 g/mol. The SMILES string of the molecule is CCOc1cccc(C(N)C2CCc3ccccc3C2)c1. The van der Waals surface area contributed by atoms with Crippen LogP contribution in [-0.2, 0) is 12.8 Å². The summed E-state index contributed by atoms with van der Waals surface area (Å²) in [7, 11) is 0. The molecule has 2 unspecified atom stereocenters. The van der Waals surface area contributed by atoms with Crippen molar-refractivity contribution in [2.45, 2.75) is 32.2 Å². The number of benzene rings is 2. The molecule has 0 aliphatic heterocycles. The van der Waals surface area contributed by atoms with Gasteiger partial charge in [0.2, 0.25) is 0 Å². The molecule has 0 spiro atoms. The Balaban J connectivity index is 1.77. The van der Waals surface area contributed by atoms with Crippen LogP contribution in [-0.4, -0.2) is 6.61 Å². The second kappa shape index (κ2) is 6.31. The van der Waals surface area contributed by atoms with Gasteiger partial charge in [0.15, 0.2) is 0 Å². The molecule has 0 saturated heterocycles. The summed E-state index contributed by atoms with van der Waals surface area (Å²) >= 11 is 0. The Bertz CT molecular complexity index is 608. The maximum atomic E-state index is 6.54. The maximum absolute atomic E-state index is 6.54. The summed E-state index contributed by atoms with van der Waals surface area (Å²) in [6, 6.07) is 17.1. The van der Waals surface area contributed by atoms with E-state index in [9.17, 15) is 0 Å². The average Bonchev–Trinajstić information content (AvgIpc) is 2.54. The number of aryl methyl sites for hydroxylation is 1. The molecule has 1 aliphatic rings. The third kappa shape index (κ3) is 3.11. The van der Waals surface area contributed by atoms with Gasteiger partial charge in [-0.2, -0.15) is 0 Å². The van der Waals surface area contributed by atoms with E-state index in [2.05, 4.69) is 36.4 Å². The van der Waals surface area contributed by atoms with E-state index < -0.39 is 0 Å². The molecular formula is C19H23NO. The van der Waals surface area contributed by atoms with E-state index in [1.165, 1.54) is 16.7 Å². The van der Waals surface area contributed by atoms with Crippen LogP contribution in [0, 0.1) is 5.92 Å². The second-order valence-electron chi connectivity index (χ2n) is 5.80. The number of fused-ring (bicyclic) bond motifs is 1. The Labute approximate surface area is 126 Å². The van der Waals surface area contributed by atoms with Gasteiger partial charge in [-0.15, -0.1) is 0 Å². The number of rotatable bonds is 4. The van der Waals surface area contributed by atoms with Crippen molar-refractivity contribution in [3.8, 4) is 5.75 Å². The zero-order valence-electron chi connectivity index (χ0n) is 12.6. The lowest BCUT2D eigenvalue weighted by Gasteiger charge is -2.29. The van der Waals surface area contributed by atoms with Crippen LogP contribution in [0.15, 0.2) is 48.5 Å². The predicted octanol–water partition coefficient (Wildman–Crippen LogP) is 3.89. The Morgan fingerprint density at radius 2 is 1.95 bits per heavy atom. The van der Waals surface area contributed by atoms with Crippen LogP contribution < -0.4 is 10.5 Å². The summed E-state index contributed by atoms with van der Waals surface area (Å²) in [6.07, 6.45) is 3.38. The van der Waals surface area contributed by atoms with Crippen molar-refractivity contribution in [1.82, 2.24) is 0 Å². The van der Waals surface area contributed by atoms with E-state index in [0.717, 1.165) is 25.0 Å². The summed E-state index contributed by atoms with van der Waals surface area (Å²) in [5.74, 6) is 1.43. The largest absolute Gasteiger partial charge is 0.494 e. The van der Waals surface area contributed by atoms with E-state index in [0.29, 0.717) is 12.5 Å². The lowest BCUT2D eigenvalue weighted by molar-refractivity contribution is 0.337. The predicted molar refractivity (Wildman–Crippen MR) is 86.5 cm³/mol. The summed E-state index contributed by atoms with van der Waals surface area (Å²) in [5, 5.41) is 0. The fourth-order valence-electron chi connectivity index (χ4n) is 3.28. The molecule has 2 N–H and O–H groups in total. The van der Waals surface area contributed by atoms with Gasteiger partial charge in [0.05, 0.1) is 6.61 Å². The van der Waals surface area contributed by atoms with Gasteiger partial charge in [0, 0.05) is 6.04 Å². The molecule has 0 saturated carbocycles. The van der Waals surface area contributed by atoms with Gasteiger partial charge in [-0.25, -0.2) is 0 Å². The molecule has 0 aromatic heterocycles. The van der Waals surface area contributed by atoms with Crippen molar-refractivity contribution in [2.75, 3.05) is 6.61 Å². The van der Waals surface area contributed by atoms with Crippen LogP contribution >= 0.6 is 0 Å². The number of hydrogen-bond donors (Lipinski definition) is 1. The molecular weight excluding hydrogens is 258 g/mol. The van der Waals surface area contributed by atoms with Gasteiger partial charge in [-0.3, -0.25) is 0 Å². The molecule has 21 heavy (non-hydrogen) atoms. The Morgan fingerprint density at radius 3 is 2.76 bits per heavy atom. The lowest BCUT2D eigenvalue weighted by atomic mass is 9.78. The molecule has 0 amide bonds. The van der Waals surface area contributed by atoms with Crippen molar-refractivity contribution in [2.24, 2.45) is 11.7 Å². The van der Waals surface area contributed by atoms with Gasteiger partial charge in [-0.1, -0.05) is 36.4 Å². The number of nitrogens with two attached hydrogens (primary N) is 1. The van der Waals surface area contributed by atoms with Gasteiger partial charge < -0.3 is 10.5 Å². The van der Waals surface area contributed by atoms with Crippen LogP contribution in [0.4, 0.5) is 0 Å². The molecule has 0 fully saturated rings. The minimum Gasteiger partial charge on any atom is -0.494 e. The van der Waals surface area contributed by atoms with E-state index in [1.54, 1.807) is 0 Å². The third-order valence-electron chi connectivity index (χ3n) is 4.45. The van der Waals surface area contributed by atoms with Gasteiger partial charge >= 0.3 is 0 Å². The molecule has 110 valence electrons. The molecule has 2 nitrogen and oxygen atoms in total. The Morgan fingerprint density at radius 1 is 1.14 bits per heavy atom. The fourth-order valence-corrected chi connectivity index (χ4v) is 3.28. The van der Waals surface area contributed by atoms with E-state index in [-0.39, 0.29) is 6.04 Å². The minimum atomic E-state index is 0.0822. The molecule has 0 bridgehead atoms. The van der Waals surface area contributed by atoms with Crippen LogP contribution in [0.5, 0.6) is 5.75 Å². The Kier molecular flexibility index (Phi) is 4.26. The van der Waals surface area contributed by atoms with Crippen LogP contribution in [0.1, 0.15) is 36.1 Å². The minimum absolute atomic E-state index is 0.0822. The quantitative estimate of drug-likeness (QED) is 0.922. The van der Waals surface area contributed by atoms with Crippen LogP contribution in [0.3, 0.4) is 0 Å². The highest BCUT2D eigenvalue weighted by Gasteiger charge is 2.24. The second-order valence-corrected chi connectivity index (χ2v) is 5.80. The highest BCUT2D eigenvalue weighted by molar-refractivity contribution is 5.33. The lowest BCUT2D eigenvalue weighted by Crippen LogP contribution is -2.27. The first kappa shape index (κ1) is 14.2. The molecule has 0 heterocycles. The van der Waals surface area contributed by atoms with E-state index in [4.69, 9.17) is 10.5 Å². The van der Waals surface area contributed by atoms with Crippen LogP contribution in [0.25, 0.3) is 0 Å². The smallest absolute Gasteiger partial charge is 0.119 e. The maximum Gasteiger partial charge on any atom is 0.119 e. The van der Waals surface area contributed by atoms with Crippen LogP contribution in [0.2, 0.25) is 0 Å².